The third-order valence-electron chi connectivity index (χ3n) is 12.8. The Labute approximate surface area is 198 Å². The van der Waals surface area contributed by atoms with Crippen molar-refractivity contribution in [2.75, 3.05) is 0 Å². The van der Waals surface area contributed by atoms with Crippen LogP contribution in [0.15, 0.2) is 0 Å². The number of rotatable bonds is 5. The van der Waals surface area contributed by atoms with Gasteiger partial charge in [0.2, 0.25) is 0 Å². The van der Waals surface area contributed by atoms with Gasteiger partial charge in [0.15, 0.2) is 0 Å². The van der Waals surface area contributed by atoms with Crippen LogP contribution in [0, 0.1) is 46.3 Å². The zero-order chi connectivity index (χ0) is 21.8. The molecule has 0 aromatic heterocycles. The van der Waals surface area contributed by atoms with Gasteiger partial charge in [-0.25, -0.2) is 4.39 Å². The molecule has 182 valence electrons. The number of hydrogen-bond acceptors (Lipinski definition) is 0. The zero-order valence-electron chi connectivity index (χ0n) is 21.2. The summed E-state index contributed by atoms with van der Waals surface area (Å²) in [6.45, 7) is 2.76. The van der Waals surface area contributed by atoms with E-state index >= 15 is 4.39 Å². The first-order valence-corrected chi connectivity index (χ1v) is 15.3. The highest BCUT2D eigenvalue weighted by molar-refractivity contribution is 5.27. The third-order valence-corrected chi connectivity index (χ3v) is 12.8. The van der Waals surface area contributed by atoms with Crippen molar-refractivity contribution in [3.05, 3.63) is 0 Å². The summed E-state index contributed by atoms with van der Waals surface area (Å²) in [6, 6.07) is 0. The molecule has 6 saturated carbocycles. The van der Waals surface area contributed by atoms with Crippen LogP contribution in [0.4, 0.5) is 4.39 Å². The fraction of sp³-hybridized carbons (Fsp3) is 1.00. The van der Waals surface area contributed by atoms with E-state index in [9.17, 15) is 0 Å². The molecule has 0 nitrogen and oxygen atoms in total. The molecular formula is C31H51F. The Balaban J connectivity index is 1.51. The summed E-state index contributed by atoms with van der Waals surface area (Å²) >= 11 is 0. The van der Waals surface area contributed by atoms with Crippen LogP contribution in [0.5, 0.6) is 0 Å². The first-order chi connectivity index (χ1) is 15.6. The standard InChI is InChI=1S/C31H51F/c1-29(24-14-7-3-8-15-24)28(23-12-5-2-6-13-23)22-30(32,25-18-11-19-25)31(29,27-20-21-27)26-16-9-4-10-17-26/h23-28H,2-22H2,1H3. The van der Waals surface area contributed by atoms with Crippen LogP contribution < -0.4 is 0 Å². The zero-order valence-corrected chi connectivity index (χ0v) is 21.2. The molecule has 0 aliphatic heterocycles. The van der Waals surface area contributed by atoms with E-state index in [4.69, 9.17) is 0 Å². The summed E-state index contributed by atoms with van der Waals surface area (Å²) in [6.07, 6.45) is 28.5. The van der Waals surface area contributed by atoms with Gasteiger partial charge in [0.1, 0.15) is 5.67 Å². The SMILES string of the molecule is CC1(C2CCCCC2)C(C2CCCCC2)CC(F)(C2CCC2)C1(C1CCCCC1)C1CC1. The quantitative estimate of drug-likeness (QED) is 0.397. The molecule has 0 aromatic rings. The fourth-order valence-corrected chi connectivity index (χ4v) is 11.3. The van der Waals surface area contributed by atoms with E-state index in [1.165, 1.54) is 128 Å². The van der Waals surface area contributed by atoms with Crippen LogP contribution in [0.1, 0.15) is 142 Å². The molecule has 4 atom stereocenters. The minimum atomic E-state index is -0.845. The van der Waals surface area contributed by atoms with Gasteiger partial charge in [0.25, 0.3) is 0 Å². The maximum atomic E-state index is 18.4. The summed E-state index contributed by atoms with van der Waals surface area (Å²) in [5.74, 6) is 4.13. The first kappa shape index (κ1) is 22.4. The lowest BCUT2D eigenvalue weighted by molar-refractivity contribution is -0.187. The van der Waals surface area contributed by atoms with Crippen molar-refractivity contribution in [2.45, 2.75) is 147 Å². The van der Waals surface area contributed by atoms with Crippen LogP contribution >= 0.6 is 0 Å². The average molecular weight is 443 g/mol. The number of alkyl halides is 1. The molecule has 1 heteroatoms. The molecular weight excluding hydrogens is 391 g/mol. The Morgan fingerprint density at radius 2 is 0.969 bits per heavy atom. The Morgan fingerprint density at radius 1 is 0.500 bits per heavy atom. The van der Waals surface area contributed by atoms with Crippen LogP contribution in [0.25, 0.3) is 0 Å². The van der Waals surface area contributed by atoms with E-state index in [1.807, 2.05) is 0 Å². The minimum absolute atomic E-state index is 0.0234. The second-order valence-corrected chi connectivity index (χ2v) is 13.8. The maximum absolute atomic E-state index is 18.4. The topological polar surface area (TPSA) is 0 Å². The molecule has 0 heterocycles. The molecule has 0 N–H and O–H groups in total. The molecule has 0 aromatic carbocycles. The Kier molecular flexibility index (Phi) is 5.98. The lowest BCUT2D eigenvalue weighted by atomic mass is 9.42. The van der Waals surface area contributed by atoms with Gasteiger partial charge in [-0.05, 0) is 98.7 Å². The lowest BCUT2D eigenvalue weighted by Gasteiger charge is -2.63. The van der Waals surface area contributed by atoms with Gasteiger partial charge in [-0.3, -0.25) is 0 Å². The van der Waals surface area contributed by atoms with Gasteiger partial charge in [-0.1, -0.05) is 84.0 Å². The monoisotopic (exact) mass is 442 g/mol. The largest absolute Gasteiger partial charge is 0.243 e. The molecule has 6 rings (SSSR count). The summed E-state index contributed by atoms with van der Waals surface area (Å²) in [7, 11) is 0. The van der Waals surface area contributed by atoms with E-state index in [-0.39, 0.29) is 10.8 Å². The highest BCUT2D eigenvalue weighted by Crippen LogP contribution is 2.81. The van der Waals surface area contributed by atoms with Gasteiger partial charge in [-0.15, -0.1) is 0 Å². The van der Waals surface area contributed by atoms with Crippen LogP contribution in [-0.2, 0) is 0 Å². The molecule has 0 saturated heterocycles. The first-order valence-electron chi connectivity index (χ1n) is 15.3. The van der Waals surface area contributed by atoms with Gasteiger partial charge in [0, 0.05) is 5.41 Å². The predicted octanol–water partition coefficient (Wildman–Crippen LogP) is 9.66. The van der Waals surface area contributed by atoms with E-state index in [2.05, 4.69) is 6.92 Å². The normalized spacial score (nSPS) is 45.8. The van der Waals surface area contributed by atoms with Crippen LogP contribution in [0.3, 0.4) is 0 Å². The van der Waals surface area contributed by atoms with E-state index in [0.29, 0.717) is 17.8 Å². The van der Waals surface area contributed by atoms with Gasteiger partial charge >= 0.3 is 0 Å². The molecule has 0 radical (unpaired) electrons. The highest BCUT2D eigenvalue weighted by atomic mass is 19.1. The van der Waals surface area contributed by atoms with Crippen molar-refractivity contribution in [1.82, 2.24) is 0 Å². The van der Waals surface area contributed by atoms with Crippen molar-refractivity contribution < 1.29 is 4.39 Å². The number of hydrogen-bond donors (Lipinski definition) is 0. The molecule has 6 aliphatic rings. The third kappa shape index (κ3) is 3.10. The van der Waals surface area contributed by atoms with E-state index in [1.54, 1.807) is 0 Å². The van der Waals surface area contributed by atoms with Crippen molar-refractivity contribution in [3.8, 4) is 0 Å². The molecule has 32 heavy (non-hydrogen) atoms. The van der Waals surface area contributed by atoms with E-state index in [0.717, 1.165) is 24.2 Å². The van der Waals surface area contributed by atoms with Crippen molar-refractivity contribution in [2.24, 2.45) is 46.3 Å². The predicted molar refractivity (Wildman–Crippen MR) is 132 cm³/mol. The van der Waals surface area contributed by atoms with Gasteiger partial charge in [-0.2, -0.15) is 0 Å². The Bertz CT molecular complexity index is 645. The van der Waals surface area contributed by atoms with Gasteiger partial charge in [0.05, 0.1) is 0 Å². The molecule has 4 unspecified atom stereocenters. The lowest BCUT2D eigenvalue weighted by Crippen LogP contribution is -2.62. The fourth-order valence-electron chi connectivity index (χ4n) is 11.3. The second-order valence-electron chi connectivity index (χ2n) is 13.8. The van der Waals surface area contributed by atoms with Gasteiger partial charge < -0.3 is 0 Å². The van der Waals surface area contributed by atoms with Crippen LogP contribution in [0.2, 0.25) is 0 Å². The summed E-state index contributed by atoms with van der Waals surface area (Å²) in [5.41, 5.74) is -0.554. The van der Waals surface area contributed by atoms with Crippen molar-refractivity contribution in [3.63, 3.8) is 0 Å². The summed E-state index contributed by atoms with van der Waals surface area (Å²) < 4.78 is 18.4. The summed E-state index contributed by atoms with van der Waals surface area (Å²) in [5, 5.41) is 0. The number of halogens is 1. The molecule has 0 bridgehead atoms. The molecule has 0 spiro atoms. The molecule has 6 fully saturated rings. The highest BCUT2D eigenvalue weighted by Gasteiger charge is 2.79. The average Bonchev–Trinajstić information content (AvgIpc) is 3.61. The second kappa shape index (κ2) is 8.55. The van der Waals surface area contributed by atoms with Crippen molar-refractivity contribution >= 4 is 0 Å². The van der Waals surface area contributed by atoms with Crippen LogP contribution in [-0.4, -0.2) is 5.67 Å². The van der Waals surface area contributed by atoms with Crippen molar-refractivity contribution in [1.29, 1.82) is 0 Å². The minimum Gasteiger partial charge on any atom is -0.243 e. The smallest absolute Gasteiger partial charge is 0.120 e. The maximum Gasteiger partial charge on any atom is 0.120 e. The Morgan fingerprint density at radius 3 is 1.47 bits per heavy atom. The molecule has 6 aliphatic carbocycles. The summed E-state index contributed by atoms with van der Waals surface area (Å²) in [4.78, 5) is 0. The molecule has 0 amide bonds. The van der Waals surface area contributed by atoms with E-state index < -0.39 is 5.67 Å². The Hall–Kier alpha value is -0.0700.